The molecule has 2 heterocycles. The van der Waals surface area contributed by atoms with E-state index in [0.29, 0.717) is 23.0 Å². The van der Waals surface area contributed by atoms with Gasteiger partial charge in [-0.1, -0.05) is 35.3 Å². The minimum absolute atomic E-state index is 0.0375. The van der Waals surface area contributed by atoms with Crippen molar-refractivity contribution in [3.8, 4) is 0 Å². The number of benzene rings is 1. The van der Waals surface area contributed by atoms with Gasteiger partial charge >= 0.3 is 0 Å². The van der Waals surface area contributed by atoms with Crippen molar-refractivity contribution in [1.29, 1.82) is 0 Å². The fraction of sp³-hybridized carbons (Fsp3) is 0.333. The lowest BCUT2D eigenvalue weighted by molar-refractivity contribution is -0.120. The lowest BCUT2D eigenvalue weighted by Gasteiger charge is -2.17. The molecule has 0 atom stereocenters. The molecule has 1 aliphatic rings. The van der Waals surface area contributed by atoms with Gasteiger partial charge in [-0.05, 0) is 42.2 Å². The first-order valence-electron chi connectivity index (χ1n) is 8.05. The fourth-order valence-corrected chi connectivity index (χ4v) is 3.06. The van der Waals surface area contributed by atoms with Gasteiger partial charge in [0.15, 0.2) is 0 Å². The maximum Gasteiger partial charge on any atom is 0.224 e. The van der Waals surface area contributed by atoms with Gasteiger partial charge in [0.1, 0.15) is 5.82 Å². The molecule has 0 aliphatic carbocycles. The minimum Gasteiger partial charge on any atom is -0.370 e. The number of carbonyl (C=O) groups is 1. The van der Waals surface area contributed by atoms with Crippen molar-refractivity contribution in [3.05, 3.63) is 57.2 Å². The number of rotatable bonds is 5. The summed E-state index contributed by atoms with van der Waals surface area (Å²) < 4.78 is 0. The van der Waals surface area contributed by atoms with Crippen LogP contribution >= 0.6 is 23.2 Å². The van der Waals surface area contributed by atoms with Gasteiger partial charge in [0.25, 0.3) is 0 Å². The third kappa shape index (κ3) is 4.40. The molecule has 2 aromatic rings. The lowest BCUT2D eigenvalue weighted by atomic mass is 10.1. The summed E-state index contributed by atoms with van der Waals surface area (Å²) >= 11 is 11.8. The number of hydrogen-bond acceptors (Lipinski definition) is 3. The Morgan fingerprint density at radius 2 is 2.08 bits per heavy atom. The van der Waals surface area contributed by atoms with Crippen LogP contribution in [0.2, 0.25) is 10.0 Å². The number of aryl methyl sites for hydroxylation is 1. The summed E-state index contributed by atoms with van der Waals surface area (Å²) in [5.74, 6) is 0.949. The molecule has 0 fully saturated rings. The summed E-state index contributed by atoms with van der Waals surface area (Å²) in [6.07, 6.45) is 3.23. The van der Waals surface area contributed by atoms with Crippen molar-refractivity contribution in [2.45, 2.75) is 25.7 Å². The second-order valence-electron chi connectivity index (χ2n) is 5.87. The molecular formula is C18H19Cl2N3O. The zero-order valence-electron chi connectivity index (χ0n) is 13.2. The summed E-state index contributed by atoms with van der Waals surface area (Å²) in [4.78, 5) is 16.6. The fourth-order valence-electron chi connectivity index (χ4n) is 2.74. The quantitative estimate of drug-likeness (QED) is 0.852. The van der Waals surface area contributed by atoms with Gasteiger partial charge in [0, 0.05) is 25.2 Å². The van der Waals surface area contributed by atoms with E-state index in [0.717, 1.165) is 36.5 Å². The van der Waals surface area contributed by atoms with Gasteiger partial charge in [0.2, 0.25) is 5.91 Å². The van der Waals surface area contributed by atoms with Crippen molar-refractivity contribution in [2.24, 2.45) is 0 Å². The molecule has 0 radical (unpaired) electrons. The van der Waals surface area contributed by atoms with Crippen molar-refractivity contribution in [3.63, 3.8) is 0 Å². The molecule has 1 amide bonds. The average molecular weight is 364 g/mol. The Bertz CT molecular complexity index is 749. The number of aromatic nitrogens is 1. The molecular weight excluding hydrogens is 345 g/mol. The van der Waals surface area contributed by atoms with E-state index in [2.05, 4.69) is 21.7 Å². The monoisotopic (exact) mass is 363 g/mol. The molecule has 24 heavy (non-hydrogen) atoms. The lowest BCUT2D eigenvalue weighted by Crippen LogP contribution is -2.27. The first-order chi connectivity index (χ1) is 11.6. The molecule has 6 heteroatoms. The Labute approximate surface area is 151 Å². The molecule has 1 aromatic heterocycles. The number of fused-ring (bicyclic) bond motifs is 1. The highest BCUT2D eigenvalue weighted by molar-refractivity contribution is 6.42. The summed E-state index contributed by atoms with van der Waals surface area (Å²) in [5, 5.41) is 7.20. The van der Waals surface area contributed by atoms with Gasteiger partial charge in [0.05, 0.1) is 16.5 Å². The van der Waals surface area contributed by atoms with Gasteiger partial charge in [-0.15, -0.1) is 0 Å². The third-order valence-corrected chi connectivity index (χ3v) is 4.74. The van der Waals surface area contributed by atoms with Crippen LogP contribution in [0.3, 0.4) is 0 Å². The van der Waals surface area contributed by atoms with E-state index in [-0.39, 0.29) is 12.3 Å². The normalized spacial score (nSPS) is 13.1. The molecule has 3 rings (SSSR count). The molecule has 0 spiro atoms. The maximum absolute atomic E-state index is 12.0. The Balaban J connectivity index is 1.49. The first-order valence-corrected chi connectivity index (χ1v) is 8.81. The zero-order chi connectivity index (χ0) is 16.9. The number of halogens is 2. The van der Waals surface area contributed by atoms with E-state index in [1.54, 1.807) is 12.1 Å². The van der Waals surface area contributed by atoms with Gasteiger partial charge in [-0.25, -0.2) is 4.98 Å². The summed E-state index contributed by atoms with van der Waals surface area (Å²) in [5.41, 5.74) is 3.10. The number of amides is 1. The smallest absolute Gasteiger partial charge is 0.224 e. The highest BCUT2D eigenvalue weighted by Crippen LogP contribution is 2.23. The number of hydrogen-bond donors (Lipinski definition) is 2. The van der Waals surface area contributed by atoms with Gasteiger partial charge in [-0.2, -0.15) is 0 Å². The van der Waals surface area contributed by atoms with Crippen molar-refractivity contribution in [1.82, 2.24) is 10.3 Å². The van der Waals surface area contributed by atoms with Crippen LogP contribution in [0, 0.1) is 0 Å². The Morgan fingerprint density at radius 1 is 1.21 bits per heavy atom. The van der Waals surface area contributed by atoms with E-state index in [4.69, 9.17) is 23.2 Å². The average Bonchev–Trinajstić information content (AvgIpc) is 2.58. The molecule has 126 valence electrons. The van der Waals surface area contributed by atoms with Crippen LogP contribution in [0.1, 0.15) is 23.2 Å². The van der Waals surface area contributed by atoms with E-state index < -0.39 is 0 Å². The molecule has 1 aliphatic heterocycles. The zero-order valence-corrected chi connectivity index (χ0v) is 14.8. The highest BCUT2D eigenvalue weighted by Gasteiger charge is 2.10. The van der Waals surface area contributed by atoms with Crippen LogP contribution in [0.25, 0.3) is 0 Å². The van der Waals surface area contributed by atoms with E-state index in [1.165, 1.54) is 5.56 Å². The molecule has 2 N–H and O–H groups in total. The van der Waals surface area contributed by atoms with E-state index in [1.807, 2.05) is 12.1 Å². The molecule has 0 saturated carbocycles. The van der Waals surface area contributed by atoms with Crippen LogP contribution in [0.4, 0.5) is 5.82 Å². The highest BCUT2D eigenvalue weighted by atomic mass is 35.5. The number of anilines is 1. The van der Waals surface area contributed by atoms with Crippen LogP contribution in [0.5, 0.6) is 0 Å². The van der Waals surface area contributed by atoms with Crippen LogP contribution < -0.4 is 10.6 Å². The number of nitrogens with one attached hydrogen (secondary N) is 2. The molecule has 1 aromatic carbocycles. The Hall–Kier alpha value is -1.78. The standard InChI is InChI=1S/C18H19Cl2N3O/c19-15-6-3-12(10-16(15)20)11-17(24)21-9-7-14-5-4-13-2-1-8-22-18(13)23-14/h3-6,10H,1-2,7-9,11H2,(H,21,24)(H,22,23). The summed E-state index contributed by atoms with van der Waals surface area (Å²) in [6, 6.07) is 9.40. The predicted octanol–water partition coefficient (Wildman–Crippen LogP) is 3.65. The van der Waals surface area contributed by atoms with Crippen LogP contribution in [0.15, 0.2) is 30.3 Å². The molecule has 0 bridgehead atoms. The molecule has 4 nitrogen and oxygen atoms in total. The van der Waals surface area contributed by atoms with Gasteiger partial charge < -0.3 is 10.6 Å². The van der Waals surface area contributed by atoms with E-state index in [9.17, 15) is 4.79 Å². The number of pyridine rings is 1. The molecule has 0 saturated heterocycles. The summed E-state index contributed by atoms with van der Waals surface area (Å²) in [7, 11) is 0. The number of nitrogens with zero attached hydrogens (tertiary/aromatic N) is 1. The van der Waals surface area contributed by atoms with Crippen LogP contribution in [-0.2, 0) is 24.1 Å². The number of carbonyl (C=O) groups excluding carboxylic acids is 1. The largest absolute Gasteiger partial charge is 0.370 e. The van der Waals surface area contributed by atoms with Gasteiger partial charge in [-0.3, -0.25) is 4.79 Å². The third-order valence-electron chi connectivity index (χ3n) is 4.00. The predicted molar refractivity (Wildman–Crippen MR) is 97.9 cm³/mol. The second-order valence-corrected chi connectivity index (χ2v) is 6.68. The van der Waals surface area contributed by atoms with Crippen LogP contribution in [-0.4, -0.2) is 24.0 Å². The van der Waals surface area contributed by atoms with Crippen molar-refractivity contribution < 1.29 is 4.79 Å². The minimum atomic E-state index is -0.0375. The SMILES string of the molecule is O=C(Cc1ccc(Cl)c(Cl)c1)NCCc1ccc2c(n1)NCCC2. The Morgan fingerprint density at radius 3 is 2.92 bits per heavy atom. The van der Waals surface area contributed by atoms with Crippen molar-refractivity contribution in [2.75, 3.05) is 18.4 Å². The topological polar surface area (TPSA) is 54.0 Å². The van der Waals surface area contributed by atoms with Crippen molar-refractivity contribution >= 4 is 34.9 Å². The first kappa shape index (κ1) is 17.1. The van der Waals surface area contributed by atoms with E-state index >= 15 is 0 Å². The Kier molecular flexibility index (Phi) is 5.59. The second kappa shape index (κ2) is 7.86. The summed E-state index contributed by atoms with van der Waals surface area (Å²) in [6.45, 7) is 1.54. The maximum atomic E-state index is 12.0. The molecule has 0 unspecified atom stereocenters.